The highest BCUT2D eigenvalue weighted by Gasteiger charge is 2.34. The van der Waals surface area contributed by atoms with Crippen LogP contribution in [-0.2, 0) is 5.54 Å². The molecule has 3 N–H and O–H groups in total. The fraction of sp³-hybridized carbons (Fsp3) is 0.240. The Kier molecular flexibility index (Phi) is 4.48. The third kappa shape index (κ3) is 3.21. The molecule has 5 nitrogen and oxygen atoms in total. The fourth-order valence-electron chi connectivity index (χ4n) is 4.08. The molecular weight excluding hydrogens is 370 g/mol. The van der Waals surface area contributed by atoms with Crippen LogP contribution < -0.4 is 15.6 Å². The van der Waals surface area contributed by atoms with Crippen molar-refractivity contribution < 1.29 is 4.98 Å². The molecule has 0 atom stereocenters. The molecule has 0 radical (unpaired) electrons. The Balaban J connectivity index is 1.67. The predicted molar refractivity (Wildman–Crippen MR) is 121 cm³/mol. The number of nitrogens with zero attached hydrogens (tertiary/aromatic N) is 3. The van der Waals surface area contributed by atoms with Gasteiger partial charge in [0, 0.05) is 16.7 Å². The van der Waals surface area contributed by atoms with E-state index in [-0.39, 0.29) is 5.54 Å². The van der Waals surface area contributed by atoms with Crippen LogP contribution in [0.1, 0.15) is 24.8 Å². The van der Waals surface area contributed by atoms with Crippen molar-refractivity contribution in [2.45, 2.75) is 24.8 Å². The molecule has 2 aromatic heterocycles. The SMILES string of the molecule is CN(C)c1nc2nc(-c3ccc(C4(N)CCC4)cc3)c(-c3ccccc3)cc2c[nH+]1. The molecule has 5 rings (SSSR count). The molecule has 2 aromatic carbocycles. The second-order valence-corrected chi connectivity index (χ2v) is 8.37. The fourth-order valence-corrected chi connectivity index (χ4v) is 4.08. The summed E-state index contributed by atoms with van der Waals surface area (Å²) in [5.41, 5.74) is 12.5. The molecule has 2 heterocycles. The molecule has 0 spiro atoms. The molecule has 5 heteroatoms. The Bertz CT molecular complexity index is 1200. The largest absolute Gasteiger partial charge is 0.393 e. The molecule has 1 aliphatic rings. The molecule has 1 fully saturated rings. The number of aromatic amines is 1. The molecule has 0 aliphatic heterocycles. The zero-order valence-electron chi connectivity index (χ0n) is 17.4. The maximum absolute atomic E-state index is 6.52. The zero-order chi connectivity index (χ0) is 20.7. The minimum atomic E-state index is -0.157. The van der Waals surface area contributed by atoms with E-state index in [0.29, 0.717) is 0 Å². The van der Waals surface area contributed by atoms with E-state index < -0.39 is 0 Å². The van der Waals surface area contributed by atoms with Crippen LogP contribution in [0.3, 0.4) is 0 Å². The second-order valence-electron chi connectivity index (χ2n) is 8.37. The van der Waals surface area contributed by atoms with E-state index in [4.69, 9.17) is 15.7 Å². The highest BCUT2D eigenvalue weighted by Crippen LogP contribution is 2.40. The third-order valence-corrected chi connectivity index (χ3v) is 6.09. The molecule has 1 aliphatic carbocycles. The standard InChI is InChI=1S/C25H25N5/c1-30(2)24-27-16-19-15-21(17-7-4-3-5-8-17)22(28-23(19)29-24)18-9-11-20(12-10-18)25(26)13-6-14-25/h3-5,7-12,15-16H,6,13-14,26H2,1-2H3/p+1. The van der Waals surface area contributed by atoms with E-state index in [1.807, 2.05) is 31.3 Å². The minimum absolute atomic E-state index is 0.157. The Morgan fingerprint density at radius 3 is 2.30 bits per heavy atom. The van der Waals surface area contributed by atoms with Gasteiger partial charge in [-0.3, -0.25) is 4.90 Å². The lowest BCUT2D eigenvalue weighted by molar-refractivity contribution is -0.365. The number of hydrogen-bond acceptors (Lipinski definition) is 4. The predicted octanol–water partition coefficient (Wildman–Crippen LogP) is 4.18. The summed E-state index contributed by atoms with van der Waals surface area (Å²) >= 11 is 0. The number of nitrogens with one attached hydrogen (secondary N) is 1. The smallest absolute Gasteiger partial charge is 0.321 e. The number of pyridine rings is 1. The van der Waals surface area contributed by atoms with Crippen LogP contribution in [0.5, 0.6) is 0 Å². The summed E-state index contributed by atoms with van der Waals surface area (Å²) in [6.45, 7) is 0. The first kappa shape index (κ1) is 18.7. The number of hydrogen-bond donors (Lipinski definition) is 1. The van der Waals surface area contributed by atoms with Crippen LogP contribution in [0.2, 0.25) is 0 Å². The molecule has 4 aromatic rings. The van der Waals surface area contributed by atoms with Crippen molar-refractivity contribution in [1.82, 2.24) is 9.97 Å². The number of fused-ring (bicyclic) bond motifs is 1. The Morgan fingerprint density at radius 2 is 1.67 bits per heavy atom. The van der Waals surface area contributed by atoms with Gasteiger partial charge in [0.15, 0.2) is 0 Å². The molecule has 30 heavy (non-hydrogen) atoms. The van der Waals surface area contributed by atoms with Gasteiger partial charge < -0.3 is 5.73 Å². The summed E-state index contributed by atoms with van der Waals surface area (Å²) < 4.78 is 0. The van der Waals surface area contributed by atoms with Crippen LogP contribution >= 0.6 is 0 Å². The summed E-state index contributed by atoms with van der Waals surface area (Å²) in [7, 11) is 3.93. The Labute approximate surface area is 176 Å². The number of aromatic nitrogens is 3. The molecule has 0 saturated heterocycles. The van der Waals surface area contributed by atoms with Gasteiger partial charge in [-0.05, 0) is 36.5 Å². The lowest BCUT2D eigenvalue weighted by atomic mass is 9.72. The van der Waals surface area contributed by atoms with Gasteiger partial charge in [0.05, 0.1) is 31.4 Å². The summed E-state index contributed by atoms with van der Waals surface area (Å²) in [6, 6.07) is 21.2. The van der Waals surface area contributed by atoms with Crippen LogP contribution in [0, 0.1) is 0 Å². The van der Waals surface area contributed by atoms with Gasteiger partial charge in [0.25, 0.3) is 0 Å². The first-order valence-electron chi connectivity index (χ1n) is 10.4. The molecular formula is C25H26N5+. The first-order valence-corrected chi connectivity index (χ1v) is 10.4. The van der Waals surface area contributed by atoms with E-state index in [1.54, 1.807) is 0 Å². The third-order valence-electron chi connectivity index (χ3n) is 6.09. The Morgan fingerprint density at radius 1 is 0.933 bits per heavy atom. The molecule has 150 valence electrons. The number of anilines is 1. The lowest BCUT2D eigenvalue weighted by Gasteiger charge is -2.38. The highest BCUT2D eigenvalue weighted by atomic mass is 15.2. The van der Waals surface area contributed by atoms with Gasteiger partial charge in [-0.1, -0.05) is 59.6 Å². The van der Waals surface area contributed by atoms with E-state index in [1.165, 1.54) is 12.0 Å². The van der Waals surface area contributed by atoms with Crippen molar-refractivity contribution >= 4 is 17.0 Å². The molecule has 0 amide bonds. The maximum Gasteiger partial charge on any atom is 0.393 e. The minimum Gasteiger partial charge on any atom is -0.321 e. The van der Waals surface area contributed by atoms with Crippen LogP contribution in [-0.4, -0.2) is 24.1 Å². The average Bonchev–Trinajstić information content (AvgIpc) is 2.77. The number of nitrogens with two attached hydrogens (primary N) is 1. The van der Waals surface area contributed by atoms with Gasteiger partial charge in [0.2, 0.25) is 5.65 Å². The van der Waals surface area contributed by atoms with Crippen molar-refractivity contribution in [2.24, 2.45) is 5.73 Å². The first-order chi connectivity index (χ1) is 14.5. The monoisotopic (exact) mass is 396 g/mol. The summed E-state index contributed by atoms with van der Waals surface area (Å²) in [6.07, 6.45) is 5.30. The summed E-state index contributed by atoms with van der Waals surface area (Å²) in [5, 5.41) is 0.982. The summed E-state index contributed by atoms with van der Waals surface area (Å²) in [4.78, 5) is 14.9. The van der Waals surface area contributed by atoms with Crippen molar-refractivity contribution in [3.8, 4) is 22.4 Å². The Hall–Kier alpha value is -3.31. The van der Waals surface area contributed by atoms with Gasteiger partial charge in [-0.2, -0.15) is 0 Å². The van der Waals surface area contributed by atoms with Gasteiger partial charge >= 0.3 is 5.95 Å². The topological polar surface area (TPSA) is 69.2 Å². The maximum atomic E-state index is 6.52. The molecule has 0 unspecified atom stereocenters. The van der Waals surface area contributed by atoms with Gasteiger partial charge in [0.1, 0.15) is 0 Å². The van der Waals surface area contributed by atoms with Crippen molar-refractivity contribution in [2.75, 3.05) is 19.0 Å². The van der Waals surface area contributed by atoms with E-state index in [0.717, 1.165) is 52.2 Å². The molecule has 1 saturated carbocycles. The second kappa shape index (κ2) is 7.18. The normalized spacial score (nSPS) is 15.0. The van der Waals surface area contributed by atoms with Crippen LogP contribution in [0.4, 0.5) is 5.95 Å². The average molecular weight is 397 g/mol. The number of benzene rings is 2. The summed E-state index contributed by atoms with van der Waals surface area (Å²) in [5.74, 6) is 0.777. The van der Waals surface area contributed by atoms with Gasteiger partial charge in [-0.25, -0.2) is 9.97 Å². The van der Waals surface area contributed by atoms with E-state index in [9.17, 15) is 0 Å². The van der Waals surface area contributed by atoms with E-state index in [2.05, 4.69) is 59.6 Å². The zero-order valence-corrected chi connectivity index (χ0v) is 17.4. The van der Waals surface area contributed by atoms with Crippen molar-refractivity contribution in [3.05, 3.63) is 72.4 Å². The lowest BCUT2D eigenvalue weighted by Crippen LogP contribution is -2.43. The number of rotatable bonds is 4. The molecule has 0 bridgehead atoms. The van der Waals surface area contributed by atoms with Crippen LogP contribution in [0.25, 0.3) is 33.4 Å². The van der Waals surface area contributed by atoms with Gasteiger partial charge in [-0.15, -0.1) is 0 Å². The van der Waals surface area contributed by atoms with Crippen molar-refractivity contribution in [1.29, 1.82) is 0 Å². The van der Waals surface area contributed by atoms with Crippen molar-refractivity contribution in [3.63, 3.8) is 0 Å². The quantitative estimate of drug-likeness (QED) is 0.562. The van der Waals surface area contributed by atoms with E-state index >= 15 is 0 Å². The highest BCUT2D eigenvalue weighted by molar-refractivity contribution is 5.89. The number of H-pyrrole nitrogens is 1. The van der Waals surface area contributed by atoms with Crippen LogP contribution in [0.15, 0.2) is 66.9 Å².